The minimum Gasteiger partial charge on any atom is -0.463 e. The second-order valence-corrected chi connectivity index (χ2v) is 27.9. The summed E-state index contributed by atoms with van der Waals surface area (Å²) in [5, 5.41) is 0. The number of carbonyl (C=O) groups is 4. The molecule has 0 aromatic heterocycles. The van der Waals surface area contributed by atoms with Crippen LogP contribution in [0.3, 0.4) is 0 Å². The fourth-order valence-corrected chi connectivity index (χ4v) is 5.06. The van der Waals surface area contributed by atoms with Crippen molar-refractivity contribution in [2.75, 3.05) is 47.9 Å². The van der Waals surface area contributed by atoms with Crippen molar-refractivity contribution < 1.29 is 85.5 Å². The largest absolute Gasteiger partial charge is 0.508 e. The Morgan fingerprint density at radius 2 is 0.818 bits per heavy atom. The Labute approximate surface area is 611 Å². The van der Waals surface area contributed by atoms with E-state index < -0.39 is 6.16 Å². The molecule has 0 aliphatic heterocycles. The van der Waals surface area contributed by atoms with Gasteiger partial charge in [0, 0.05) is 34.4 Å². The molecule has 0 spiro atoms. The third-order valence-electron chi connectivity index (χ3n) is 8.46. The van der Waals surface area contributed by atoms with Gasteiger partial charge in [0.1, 0.15) is 6.79 Å². The van der Waals surface area contributed by atoms with Gasteiger partial charge in [-0.15, -0.1) is 6.58 Å². The fourth-order valence-electron chi connectivity index (χ4n) is 5.06. The summed E-state index contributed by atoms with van der Waals surface area (Å²) in [6.07, 6.45) is 5.32. The van der Waals surface area contributed by atoms with Crippen molar-refractivity contribution in [3.8, 4) is 0 Å². The zero-order chi connectivity index (χ0) is 80.5. The van der Waals surface area contributed by atoms with Crippen LogP contribution in [0.4, 0.5) is 4.79 Å². The quantitative estimate of drug-likeness (QED) is 0.0440. The molecule has 18 nitrogen and oxygen atoms in total. The molecule has 99 heavy (non-hydrogen) atoms. The van der Waals surface area contributed by atoms with Crippen LogP contribution >= 0.6 is 0 Å². The van der Waals surface area contributed by atoms with Crippen LogP contribution in [0.15, 0.2) is 73.3 Å². The average Bonchev–Trinajstić information content (AvgIpc) is 0.932. The van der Waals surface area contributed by atoms with Gasteiger partial charge in [-0.25, -0.2) is 9.59 Å². The zero-order valence-corrected chi connectivity index (χ0v) is 71.7. The molecule has 0 unspecified atom stereocenters. The smallest absolute Gasteiger partial charge is 0.463 e. The summed E-state index contributed by atoms with van der Waals surface area (Å²) in [5.74, 6) is 0.225. The van der Waals surface area contributed by atoms with E-state index >= 15 is 0 Å². The first-order valence-electron chi connectivity index (χ1n) is 35.7. The molecule has 0 saturated carbocycles. The van der Waals surface area contributed by atoms with Crippen LogP contribution in [-0.4, -0.2) is 157 Å². The minimum atomic E-state index is -0.625. The lowest BCUT2D eigenvalue weighted by atomic mass is 9.97. The maximum absolute atomic E-state index is 11.2. The molecule has 2 aromatic carbocycles. The molecular formula is C81H162O18. The molecule has 0 atom stereocenters. The molecule has 0 fully saturated rings. The summed E-state index contributed by atoms with van der Waals surface area (Å²) in [6, 6.07) is 19.2. The van der Waals surface area contributed by atoms with Gasteiger partial charge >= 0.3 is 24.1 Å². The van der Waals surface area contributed by atoms with E-state index in [2.05, 4.69) is 100.0 Å². The van der Waals surface area contributed by atoms with Gasteiger partial charge in [0.05, 0.1) is 116 Å². The summed E-state index contributed by atoms with van der Waals surface area (Å²) >= 11 is 0. The van der Waals surface area contributed by atoms with Crippen LogP contribution in [0, 0.1) is 11.3 Å². The molecule has 18 heteroatoms. The van der Waals surface area contributed by atoms with E-state index in [1.165, 1.54) is 19.6 Å². The molecule has 0 saturated heterocycles. The standard InChI is InChI=1S/C10H12O2.C10H14O.C8H16O2.C7H16O.2C6H14O.C6H12O.C5H10O3.C5H12O2.C5H10O2.C5H12O.C4H10O.C4H10/c1-8(2)12-10(11)9-6-4-3-5-7-9;1-9(2)11-8-10-6-4-3-5-7-10;1-6(2)10-7(9)8(3,4)5;1-6(2)8-7(3,4)5;1-5(2)7-6(3)4;2*1-4-5-7-6(2)3;1-4(2)8-5(6)7-3;1-5(2)7-4-6-3;1-4(2)7-5(3)6;1-4-6-5(2)3;1-4(2)5-3;1-4(2)3/h3-8H,1-2H3;3-7,9H,8H2,1-2H3;6H,1-5H3;6H,1-5H3;5-6H,1-4H3;6H,4-5H2,1-3H3;4,6H,1,5H2,2-3H3;4H,1-3H3;5H,4H2,1-3H3;4H,1-3H3;5H,4H2,1-3H3;4H,1-3H3;4H,1-3H3. The highest BCUT2D eigenvalue weighted by molar-refractivity contribution is 5.89. The lowest BCUT2D eigenvalue weighted by Crippen LogP contribution is -2.25. The monoisotopic (exact) mass is 1420 g/mol. The van der Waals surface area contributed by atoms with Gasteiger partial charge < -0.3 is 66.3 Å². The number of esters is 3. The summed E-state index contributed by atoms with van der Waals surface area (Å²) in [4.78, 5) is 42.5. The summed E-state index contributed by atoms with van der Waals surface area (Å²) in [5.41, 5.74) is 1.49. The highest BCUT2D eigenvalue weighted by Gasteiger charge is 2.23. The SMILES string of the molecule is C=CCOC(C)C.CC(=O)OC(C)C.CC(C)C.CC(C)OC(=O)C(C)(C)C.CC(C)OC(=O)c1ccccc1.CC(C)OC(C)(C)C.CC(C)OC(C)C.CC(C)OCc1ccccc1.CCCOC(C)C.CCOC(C)C.COC(=O)OC(C)C.COC(C)C.COCOC(C)C. The third kappa shape index (κ3) is 157. The molecule has 594 valence electrons. The van der Waals surface area contributed by atoms with Gasteiger partial charge in [-0.2, -0.15) is 0 Å². The number of ether oxygens (including phenoxy) is 14. The zero-order valence-electron chi connectivity index (χ0n) is 71.7. The highest BCUT2D eigenvalue weighted by atomic mass is 16.7. The van der Waals surface area contributed by atoms with Crippen LogP contribution in [0.5, 0.6) is 0 Å². The molecule has 0 radical (unpaired) electrons. The van der Waals surface area contributed by atoms with Gasteiger partial charge in [0.15, 0.2) is 0 Å². The Morgan fingerprint density at radius 1 is 0.444 bits per heavy atom. The van der Waals surface area contributed by atoms with Crippen molar-refractivity contribution in [1.82, 2.24) is 0 Å². The third-order valence-corrected chi connectivity index (χ3v) is 8.46. The van der Waals surface area contributed by atoms with Gasteiger partial charge in [0.2, 0.25) is 0 Å². The molecule has 2 aromatic rings. The predicted molar refractivity (Wildman–Crippen MR) is 417 cm³/mol. The van der Waals surface area contributed by atoms with E-state index in [9.17, 15) is 19.2 Å². The van der Waals surface area contributed by atoms with Crippen LogP contribution in [0.2, 0.25) is 0 Å². The van der Waals surface area contributed by atoms with Crippen molar-refractivity contribution >= 4 is 24.1 Å². The Hall–Kier alpha value is -4.50. The van der Waals surface area contributed by atoms with E-state index in [4.69, 9.17) is 47.4 Å². The Morgan fingerprint density at radius 3 is 0.980 bits per heavy atom. The van der Waals surface area contributed by atoms with Crippen LogP contribution in [0.25, 0.3) is 0 Å². The Kier molecular flexibility index (Phi) is 98.7. The number of rotatable bonds is 23. The average molecular weight is 1420 g/mol. The molecule has 0 heterocycles. The normalized spacial score (nSPS) is 10.3. The fraction of sp³-hybridized carbons (Fsp3) is 0.778. The first-order valence-corrected chi connectivity index (χ1v) is 35.7. The van der Waals surface area contributed by atoms with Crippen LogP contribution in [-0.2, 0) is 82.5 Å². The molecular weight excluding hydrogens is 1260 g/mol. The summed E-state index contributed by atoms with van der Waals surface area (Å²) in [6.45, 7) is 81.8. The van der Waals surface area contributed by atoms with Gasteiger partial charge in [0.25, 0.3) is 0 Å². The maximum atomic E-state index is 11.2. The van der Waals surface area contributed by atoms with Crippen LogP contribution in [0.1, 0.15) is 285 Å². The van der Waals surface area contributed by atoms with Gasteiger partial charge in [-0.3, -0.25) is 9.59 Å². The molecule has 0 aliphatic rings. The second-order valence-electron chi connectivity index (χ2n) is 27.9. The number of carbonyl (C=O) groups excluding carboxylic acids is 4. The summed E-state index contributed by atoms with van der Waals surface area (Å²) in [7, 11) is 4.60. The van der Waals surface area contributed by atoms with E-state index in [0.717, 1.165) is 32.2 Å². The van der Waals surface area contributed by atoms with E-state index in [0.29, 0.717) is 67.8 Å². The lowest BCUT2D eigenvalue weighted by Gasteiger charge is -2.22. The van der Waals surface area contributed by atoms with Gasteiger partial charge in [-0.1, -0.05) is 82.3 Å². The summed E-state index contributed by atoms with van der Waals surface area (Å²) < 4.78 is 69.1. The van der Waals surface area contributed by atoms with Crippen molar-refractivity contribution in [2.24, 2.45) is 11.3 Å². The van der Waals surface area contributed by atoms with Gasteiger partial charge in [-0.05, 0) is 259 Å². The number of hydrogen-bond acceptors (Lipinski definition) is 18. The minimum absolute atomic E-state index is 0.00766. The van der Waals surface area contributed by atoms with Crippen molar-refractivity contribution in [2.45, 2.75) is 361 Å². The second kappa shape index (κ2) is 82.5. The lowest BCUT2D eigenvalue weighted by molar-refractivity contribution is -0.156. The van der Waals surface area contributed by atoms with E-state index in [1.54, 1.807) is 46.3 Å². The number of methoxy groups -OCH3 is 3. The van der Waals surface area contributed by atoms with E-state index in [1.807, 2.05) is 216 Å². The van der Waals surface area contributed by atoms with Crippen molar-refractivity contribution in [1.29, 1.82) is 0 Å². The first kappa shape index (κ1) is 118. The molecule has 2 rings (SSSR count). The Bertz CT molecular complexity index is 1900. The van der Waals surface area contributed by atoms with Crippen LogP contribution < -0.4 is 0 Å². The number of hydrogen-bond donors (Lipinski definition) is 0. The maximum Gasteiger partial charge on any atom is 0.508 e. The molecule has 0 aliphatic carbocycles. The van der Waals surface area contributed by atoms with Crippen molar-refractivity contribution in [3.63, 3.8) is 0 Å². The predicted octanol–water partition coefficient (Wildman–Crippen LogP) is 21.6. The topological polar surface area (TPSA) is 197 Å². The molecule has 0 amide bonds. The Balaban J connectivity index is -0.0000000950. The number of benzene rings is 2. The highest BCUT2D eigenvalue weighted by Crippen LogP contribution is 2.16. The molecule has 0 bridgehead atoms. The van der Waals surface area contributed by atoms with E-state index in [-0.39, 0.29) is 59.4 Å². The van der Waals surface area contributed by atoms with Crippen molar-refractivity contribution in [3.05, 3.63) is 84.4 Å². The first-order chi connectivity index (χ1) is 45.2. The molecule has 0 N–H and O–H groups in total.